The average molecular weight is 506 g/mol. The van der Waals surface area contributed by atoms with Crippen LogP contribution >= 0.6 is 0 Å². The van der Waals surface area contributed by atoms with Crippen molar-refractivity contribution in [2.24, 2.45) is 0 Å². The minimum atomic E-state index is -0.0407. The zero-order valence-corrected chi connectivity index (χ0v) is 21.6. The summed E-state index contributed by atoms with van der Waals surface area (Å²) in [7, 11) is 3.20. The molecule has 0 bridgehead atoms. The fraction of sp³-hybridized carbons (Fsp3) is 0.379. The van der Waals surface area contributed by atoms with Crippen LogP contribution < -0.4 is 24.3 Å². The van der Waals surface area contributed by atoms with E-state index < -0.39 is 0 Å². The molecule has 1 aliphatic rings. The standard InChI is InChI=1S/C29H35N3O5/c1-34-24-14-13-22(18-27(24)35-2)19-31-28(33)21-32-16-7-3-4-8-17-36-25-11-5-6-12-26(25)37-29-23(20-32)10-9-15-30-29/h5-6,9-15,18H,3-4,7-8,16-17,19-21H2,1-2H3,(H,31,33). The molecule has 0 fully saturated rings. The van der Waals surface area contributed by atoms with Crippen molar-refractivity contribution in [3.05, 3.63) is 71.9 Å². The Balaban J connectivity index is 1.45. The Morgan fingerprint density at radius 1 is 0.973 bits per heavy atom. The number of hydrogen-bond acceptors (Lipinski definition) is 7. The van der Waals surface area contributed by atoms with Crippen molar-refractivity contribution in [1.82, 2.24) is 15.2 Å². The van der Waals surface area contributed by atoms with E-state index in [1.54, 1.807) is 20.4 Å². The van der Waals surface area contributed by atoms with Gasteiger partial charge in [-0.3, -0.25) is 9.69 Å². The molecule has 4 rings (SSSR count). The van der Waals surface area contributed by atoms with E-state index in [4.69, 9.17) is 18.9 Å². The maximum atomic E-state index is 12.9. The largest absolute Gasteiger partial charge is 0.493 e. The van der Waals surface area contributed by atoms with Crippen molar-refractivity contribution in [1.29, 1.82) is 0 Å². The Morgan fingerprint density at radius 2 is 1.78 bits per heavy atom. The van der Waals surface area contributed by atoms with E-state index in [9.17, 15) is 4.79 Å². The second-order valence-electron chi connectivity index (χ2n) is 8.96. The van der Waals surface area contributed by atoms with Gasteiger partial charge in [-0.2, -0.15) is 0 Å². The molecule has 0 aliphatic carbocycles. The Bertz CT molecular complexity index is 1170. The summed E-state index contributed by atoms with van der Waals surface area (Å²) in [5, 5.41) is 3.04. The molecule has 0 spiro atoms. The highest BCUT2D eigenvalue weighted by Gasteiger charge is 2.17. The highest BCUT2D eigenvalue weighted by Crippen LogP contribution is 2.32. The van der Waals surface area contributed by atoms with E-state index in [2.05, 4.69) is 15.2 Å². The maximum absolute atomic E-state index is 12.9. The first-order valence-electron chi connectivity index (χ1n) is 12.7. The SMILES string of the molecule is COc1ccc(CNC(=O)CN2CCCCCCOc3ccccc3Oc3ncccc3C2)cc1OC. The van der Waals surface area contributed by atoms with Gasteiger partial charge in [0.1, 0.15) is 0 Å². The predicted octanol–water partition coefficient (Wildman–Crippen LogP) is 4.96. The first-order valence-corrected chi connectivity index (χ1v) is 12.7. The summed E-state index contributed by atoms with van der Waals surface area (Å²) in [5.41, 5.74) is 1.86. The van der Waals surface area contributed by atoms with Crippen molar-refractivity contribution in [2.75, 3.05) is 33.9 Å². The fourth-order valence-corrected chi connectivity index (χ4v) is 4.27. The van der Waals surface area contributed by atoms with Crippen LogP contribution in [0.5, 0.6) is 28.9 Å². The summed E-state index contributed by atoms with van der Waals surface area (Å²) in [6, 6.07) is 17.2. The molecule has 1 N–H and O–H groups in total. The number of amides is 1. The van der Waals surface area contributed by atoms with E-state index >= 15 is 0 Å². The molecule has 1 aliphatic heterocycles. The van der Waals surface area contributed by atoms with Crippen LogP contribution in [-0.2, 0) is 17.9 Å². The van der Waals surface area contributed by atoms with Gasteiger partial charge in [-0.15, -0.1) is 0 Å². The number of nitrogens with zero attached hydrogens (tertiary/aromatic N) is 2. The topological polar surface area (TPSA) is 82.2 Å². The van der Waals surface area contributed by atoms with Gasteiger partial charge in [-0.05, 0) is 55.3 Å². The Hall–Kier alpha value is -3.78. The van der Waals surface area contributed by atoms with E-state index in [1.165, 1.54) is 0 Å². The van der Waals surface area contributed by atoms with Crippen LogP contribution in [0, 0.1) is 0 Å². The Kier molecular flexibility index (Phi) is 9.60. The smallest absolute Gasteiger partial charge is 0.234 e. The highest BCUT2D eigenvalue weighted by molar-refractivity contribution is 5.78. The zero-order chi connectivity index (χ0) is 25.9. The number of pyridine rings is 1. The van der Waals surface area contributed by atoms with Crippen LogP contribution in [0.15, 0.2) is 60.8 Å². The lowest BCUT2D eigenvalue weighted by atomic mass is 10.1. The summed E-state index contributed by atoms with van der Waals surface area (Å²) in [4.78, 5) is 19.6. The van der Waals surface area contributed by atoms with Gasteiger partial charge in [0.15, 0.2) is 23.0 Å². The first-order chi connectivity index (χ1) is 18.2. The number of nitrogens with one attached hydrogen (secondary N) is 1. The molecule has 196 valence electrons. The quantitative estimate of drug-likeness (QED) is 0.507. The molecule has 0 saturated heterocycles. The van der Waals surface area contributed by atoms with Gasteiger partial charge < -0.3 is 24.3 Å². The number of ether oxygens (including phenoxy) is 4. The van der Waals surface area contributed by atoms with E-state index in [0.717, 1.165) is 43.4 Å². The number of rotatable bonds is 6. The molecular formula is C29H35N3O5. The number of fused-ring (bicyclic) bond motifs is 2. The van der Waals surface area contributed by atoms with Crippen LogP contribution in [0.4, 0.5) is 0 Å². The number of benzene rings is 2. The summed E-state index contributed by atoms with van der Waals surface area (Å²) in [5.74, 6) is 3.13. The van der Waals surface area contributed by atoms with Crippen molar-refractivity contribution in [2.45, 2.75) is 38.8 Å². The number of hydrogen-bond donors (Lipinski definition) is 1. The van der Waals surface area contributed by atoms with Crippen molar-refractivity contribution < 1.29 is 23.7 Å². The zero-order valence-electron chi connectivity index (χ0n) is 21.6. The molecule has 3 aromatic rings. The molecule has 37 heavy (non-hydrogen) atoms. The summed E-state index contributed by atoms with van der Waals surface area (Å²) < 4.78 is 22.9. The molecule has 8 heteroatoms. The summed E-state index contributed by atoms with van der Waals surface area (Å²) in [6.45, 7) is 2.68. The van der Waals surface area contributed by atoms with Gasteiger partial charge in [0.25, 0.3) is 0 Å². The maximum Gasteiger partial charge on any atom is 0.234 e. The molecule has 1 aromatic heterocycles. The molecule has 2 aromatic carbocycles. The molecule has 0 unspecified atom stereocenters. The van der Waals surface area contributed by atoms with Gasteiger partial charge in [-0.25, -0.2) is 4.98 Å². The van der Waals surface area contributed by atoms with Crippen molar-refractivity contribution in [3.8, 4) is 28.9 Å². The van der Waals surface area contributed by atoms with Gasteiger partial charge in [0, 0.05) is 24.8 Å². The fourth-order valence-electron chi connectivity index (χ4n) is 4.27. The lowest BCUT2D eigenvalue weighted by Crippen LogP contribution is -2.37. The molecular weight excluding hydrogens is 470 g/mol. The third-order valence-corrected chi connectivity index (χ3v) is 6.23. The Labute approximate surface area is 218 Å². The second kappa shape index (κ2) is 13.5. The monoisotopic (exact) mass is 505 g/mol. The molecule has 0 saturated carbocycles. The van der Waals surface area contributed by atoms with Crippen LogP contribution in [0.2, 0.25) is 0 Å². The molecule has 1 amide bonds. The number of aromatic nitrogens is 1. The minimum absolute atomic E-state index is 0.0407. The summed E-state index contributed by atoms with van der Waals surface area (Å²) >= 11 is 0. The average Bonchev–Trinajstić information content (AvgIpc) is 2.92. The lowest BCUT2D eigenvalue weighted by molar-refractivity contribution is -0.122. The van der Waals surface area contributed by atoms with Gasteiger partial charge in [0.2, 0.25) is 11.8 Å². The third-order valence-electron chi connectivity index (χ3n) is 6.23. The summed E-state index contributed by atoms with van der Waals surface area (Å²) in [6.07, 6.45) is 5.82. The van der Waals surface area contributed by atoms with Gasteiger partial charge in [0.05, 0.1) is 27.4 Å². The van der Waals surface area contributed by atoms with Crippen molar-refractivity contribution >= 4 is 5.91 Å². The highest BCUT2D eigenvalue weighted by atomic mass is 16.5. The van der Waals surface area contributed by atoms with Crippen LogP contribution in [0.1, 0.15) is 36.8 Å². The van der Waals surface area contributed by atoms with Gasteiger partial charge >= 0.3 is 0 Å². The minimum Gasteiger partial charge on any atom is -0.493 e. The Morgan fingerprint density at radius 3 is 2.62 bits per heavy atom. The lowest BCUT2D eigenvalue weighted by Gasteiger charge is -2.23. The number of para-hydroxylation sites is 2. The van der Waals surface area contributed by atoms with Crippen molar-refractivity contribution in [3.63, 3.8) is 0 Å². The number of methoxy groups -OCH3 is 2. The predicted molar refractivity (Wildman–Crippen MR) is 141 cm³/mol. The molecule has 0 atom stereocenters. The van der Waals surface area contributed by atoms with Crippen LogP contribution in [0.25, 0.3) is 0 Å². The molecule has 8 nitrogen and oxygen atoms in total. The van der Waals surface area contributed by atoms with Crippen LogP contribution in [-0.4, -0.2) is 49.7 Å². The normalized spacial score (nSPS) is 14.6. The number of carbonyl (C=O) groups is 1. The third kappa shape index (κ3) is 7.60. The molecule has 0 radical (unpaired) electrons. The van der Waals surface area contributed by atoms with E-state index in [-0.39, 0.29) is 12.5 Å². The second-order valence-corrected chi connectivity index (χ2v) is 8.96. The van der Waals surface area contributed by atoms with E-state index in [1.807, 2.05) is 54.6 Å². The first kappa shape index (κ1) is 26.3. The van der Waals surface area contributed by atoms with Crippen LogP contribution in [0.3, 0.4) is 0 Å². The number of carbonyl (C=O) groups excluding carboxylic acids is 1. The van der Waals surface area contributed by atoms with E-state index in [0.29, 0.717) is 48.6 Å². The molecule has 2 heterocycles. The van der Waals surface area contributed by atoms with Gasteiger partial charge in [-0.1, -0.05) is 37.1 Å².